The Hall–Kier alpha value is -0.430. The van der Waals surface area contributed by atoms with Crippen molar-refractivity contribution in [1.29, 1.82) is 0 Å². The lowest BCUT2D eigenvalue weighted by atomic mass is 10.4. The van der Waals surface area contributed by atoms with Gasteiger partial charge in [0, 0.05) is 11.0 Å². The Morgan fingerprint density at radius 3 is 2.67 bits per heavy atom. The molecule has 0 aliphatic carbocycles. The fourth-order valence-corrected chi connectivity index (χ4v) is 4.02. The van der Waals surface area contributed by atoms with Gasteiger partial charge in [0.1, 0.15) is 0 Å². The van der Waals surface area contributed by atoms with E-state index in [0.29, 0.717) is 4.47 Å². The summed E-state index contributed by atoms with van der Waals surface area (Å²) in [7, 11) is -3.46. The molecule has 6 heteroatoms. The van der Waals surface area contributed by atoms with E-state index in [-0.39, 0.29) is 17.2 Å². The van der Waals surface area contributed by atoms with Gasteiger partial charge in [-0.3, -0.25) is 0 Å². The lowest BCUT2D eigenvalue weighted by Crippen LogP contribution is -2.33. The summed E-state index contributed by atoms with van der Waals surface area (Å²) in [5.41, 5.74) is 0. The number of aliphatic hydroxyl groups excluding tert-OH is 1. The predicted octanol–water partition coefficient (Wildman–Crippen LogP) is 1.58. The molecule has 0 heterocycles. The Balaban J connectivity index is 2.68. The molecular formula is C12H18BrNO3S. The van der Waals surface area contributed by atoms with Crippen LogP contribution in [0.5, 0.6) is 0 Å². The van der Waals surface area contributed by atoms with Crippen molar-refractivity contribution in [3.05, 3.63) is 28.7 Å². The third-order valence-corrected chi connectivity index (χ3v) is 5.19. The highest BCUT2D eigenvalue weighted by molar-refractivity contribution is 9.10. The molecule has 102 valence electrons. The number of nitrogens with one attached hydrogen (secondary N) is 1. The first-order valence-corrected chi connectivity index (χ1v) is 8.28. The van der Waals surface area contributed by atoms with Gasteiger partial charge in [-0.05, 0) is 41.0 Å². The second-order valence-electron chi connectivity index (χ2n) is 4.07. The fourth-order valence-electron chi connectivity index (χ4n) is 1.54. The molecule has 0 bridgehead atoms. The van der Waals surface area contributed by atoms with Crippen LogP contribution in [0, 0.1) is 0 Å². The normalized spacial score (nSPS) is 13.5. The van der Waals surface area contributed by atoms with Crippen LogP contribution in [-0.2, 0) is 9.84 Å². The maximum absolute atomic E-state index is 12.1. The van der Waals surface area contributed by atoms with Gasteiger partial charge in [0.25, 0.3) is 0 Å². The molecule has 2 N–H and O–H groups in total. The van der Waals surface area contributed by atoms with E-state index in [4.69, 9.17) is 0 Å². The standard InChI is InChI=1S/C12H18BrNO3S/c1-2-7-14-8-10(15)9-18(16,17)12-6-4-3-5-11(12)13/h3-6,10,14-15H,2,7-9H2,1H3. The van der Waals surface area contributed by atoms with Gasteiger partial charge in [0.05, 0.1) is 16.8 Å². The Kier molecular flexibility index (Phi) is 6.28. The van der Waals surface area contributed by atoms with Gasteiger partial charge in [-0.2, -0.15) is 0 Å². The second kappa shape index (κ2) is 7.23. The number of aliphatic hydroxyl groups is 1. The van der Waals surface area contributed by atoms with Crippen molar-refractivity contribution in [2.75, 3.05) is 18.8 Å². The van der Waals surface area contributed by atoms with Crippen LogP contribution in [0.2, 0.25) is 0 Å². The molecule has 0 aliphatic rings. The van der Waals surface area contributed by atoms with Crippen molar-refractivity contribution in [1.82, 2.24) is 5.32 Å². The van der Waals surface area contributed by atoms with Crippen LogP contribution in [0.15, 0.2) is 33.6 Å². The van der Waals surface area contributed by atoms with Gasteiger partial charge in [0.15, 0.2) is 9.84 Å². The highest BCUT2D eigenvalue weighted by atomic mass is 79.9. The van der Waals surface area contributed by atoms with E-state index >= 15 is 0 Å². The molecule has 1 unspecified atom stereocenters. The van der Waals surface area contributed by atoms with E-state index in [2.05, 4.69) is 21.2 Å². The highest BCUT2D eigenvalue weighted by Crippen LogP contribution is 2.22. The van der Waals surface area contributed by atoms with Crippen LogP contribution < -0.4 is 5.32 Å². The highest BCUT2D eigenvalue weighted by Gasteiger charge is 2.21. The van der Waals surface area contributed by atoms with Crippen LogP contribution in [0.25, 0.3) is 0 Å². The minimum atomic E-state index is -3.46. The van der Waals surface area contributed by atoms with Crippen LogP contribution >= 0.6 is 15.9 Å². The molecule has 1 aromatic carbocycles. The monoisotopic (exact) mass is 335 g/mol. The zero-order valence-corrected chi connectivity index (χ0v) is 12.7. The summed E-state index contributed by atoms with van der Waals surface area (Å²) < 4.78 is 24.7. The van der Waals surface area contributed by atoms with Gasteiger partial charge < -0.3 is 10.4 Å². The molecule has 0 saturated carbocycles. The molecule has 1 aromatic rings. The molecule has 0 amide bonds. The van der Waals surface area contributed by atoms with Crippen LogP contribution in [0.4, 0.5) is 0 Å². The molecule has 0 saturated heterocycles. The Labute approximate surface area is 116 Å². The number of rotatable bonds is 7. The summed E-state index contributed by atoms with van der Waals surface area (Å²) in [6, 6.07) is 6.63. The summed E-state index contributed by atoms with van der Waals surface area (Å²) in [5, 5.41) is 12.7. The van der Waals surface area contributed by atoms with Crippen molar-refractivity contribution in [2.24, 2.45) is 0 Å². The number of halogens is 1. The van der Waals surface area contributed by atoms with Crippen molar-refractivity contribution >= 4 is 25.8 Å². The van der Waals surface area contributed by atoms with Crippen molar-refractivity contribution < 1.29 is 13.5 Å². The van der Waals surface area contributed by atoms with Gasteiger partial charge in [-0.15, -0.1) is 0 Å². The van der Waals surface area contributed by atoms with E-state index in [9.17, 15) is 13.5 Å². The Morgan fingerprint density at radius 1 is 1.39 bits per heavy atom. The molecule has 0 radical (unpaired) electrons. The maximum Gasteiger partial charge on any atom is 0.182 e. The molecule has 0 fully saturated rings. The number of hydrogen-bond acceptors (Lipinski definition) is 4. The molecular weight excluding hydrogens is 318 g/mol. The van der Waals surface area contributed by atoms with Crippen molar-refractivity contribution in [3.8, 4) is 0 Å². The average molecular weight is 336 g/mol. The first-order valence-electron chi connectivity index (χ1n) is 5.83. The lowest BCUT2D eigenvalue weighted by Gasteiger charge is -2.12. The number of hydrogen-bond donors (Lipinski definition) is 2. The minimum Gasteiger partial charge on any atom is -0.391 e. The van der Waals surface area contributed by atoms with Gasteiger partial charge >= 0.3 is 0 Å². The fraction of sp³-hybridized carbons (Fsp3) is 0.500. The van der Waals surface area contributed by atoms with E-state index in [1.807, 2.05) is 6.92 Å². The summed E-state index contributed by atoms with van der Waals surface area (Å²) >= 11 is 3.21. The summed E-state index contributed by atoms with van der Waals surface area (Å²) in [6.45, 7) is 3.07. The topological polar surface area (TPSA) is 66.4 Å². The lowest BCUT2D eigenvalue weighted by molar-refractivity contribution is 0.194. The maximum atomic E-state index is 12.1. The van der Waals surface area contributed by atoms with E-state index in [0.717, 1.165) is 13.0 Å². The zero-order valence-electron chi connectivity index (χ0n) is 10.3. The van der Waals surface area contributed by atoms with Crippen molar-refractivity contribution in [2.45, 2.75) is 24.3 Å². The average Bonchev–Trinajstić information content (AvgIpc) is 2.29. The SMILES string of the molecule is CCCNCC(O)CS(=O)(=O)c1ccccc1Br. The minimum absolute atomic E-state index is 0.222. The van der Waals surface area contributed by atoms with Crippen LogP contribution in [0.3, 0.4) is 0 Å². The zero-order chi connectivity index (χ0) is 13.6. The van der Waals surface area contributed by atoms with Gasteiger partial charge in [-0.25, -0.2) is 8.42 Å². The Bertz CT molecular complexity index is 476. The summed E-state index contributed by atoms with van der Waals surface area (Å²) in [5.74, 6) is -0.272. The first-order chi connectivity index (χ1) is 8.47. The molecule has 18 heavy (non-hydrogen) atoms. The van der Waals surface area contributed by atoms with Gasteiger partial charge in [0.2, 0.25) is 0 Å². The number of benzene rings is 1. The Morgan fingerprint density at radius 2 is 2.06 bits per heavy atom. The summed E-state index contributed by atoms with van der Waals surface area (Å²) in [6.07, 6.45) is 0.0534. The van der Waals surface area contributed by atoms with E-state index in [1.165, 1.54) is 6.07 Å². The molecule has 1 atom stereocenters. The van der Waals surface area contributed by atoms with Crippen molar-refractivity contribution in [3.63, 3.8) is 0 Å². The quantitative estimate of drug-likeness (QED) is 0.742. The smallest absolute Gasteiger partial charge is 0.182 e. The molecule has 0 aromatic heterocycles. The van der Waals surface area contributed by atoms with Crippen LogP contribution in [0.1, 0.15) is 13.3 Å². The first kappa shape index (κ1) is 15.6. The molecule has 1 rings (SSSR count). The summed E-state index contributed by atoms with van der Waals surface area (Å²) in [4.78, 5) is 0.222. The predicted molar refractivity (Wildman–Crippen MR) is 75.4 cm³/mol. The van der Waals surface area contributed by atoms with E-state index < -0.39 is 15.9 Å². The molecule has 0 spiro atoms. The largest absolute Gasteiger partial charge is 0.391 e. The van der Waals surface area contributed by atoms with Gasteiger partial charge in [-0.1, -0.05) is 19.1 Å². The number of sulfone groups is 1. The second-order valence-corrected chi connectivity index (χ2v) is 6.93. The van der Waals surface area contributed by atoms with E-state index in [1.54, 1.807) is 18.2 Å². The van der Waals surface area contributed by atoms with Crippen LogP contribution in [-0.4, -0.2) is 38.5 Å². The third kappa shape index (κ3) is 4.68. The molecule has 0 aliphatic heterocycles. The third-order valence-electron chi connectivity index (χ3n) is 2.39. The molecule has 4 nitrogen and oxygen atoms in total.